The molecule has 34 heteroatoms. The summed E-state index contributed by atoms with van der Waals surface area (Å²) in [5.74, 6) is -2.15. The molecule has 0 unspecified atom stereocenters. The molecule has 4 saturated carbocycles. The highest BCUT2D eigenvalue weighted by molar-refractivity contribution is 9.09. The molecule has 11 rings (SSSR count). The Balaban J connectivity index is 0.000000232. The largest absolute Gasteiger partial charge is 0.497 e. The third-order valence-electron chi connectivity index (χ3n) is 20.5. The summed E-state index contributed by atoms with van der Waals surface area (Å²) in [7, 11) is -5.69. The fourth-order valence-electron chi connectivity index (χ4n) is 14.6. The number of likely N-dealkylation sites (tertiary alicyclic amines) is 2. The van der Waals surface area contributed by atoms with Gasteiger partial charge < -0.3 is 83.3 Å². The average Bonchev–Trinajstić information content (AvgIpc) is 1.56. The summed E-state index contributed by atoms with van der Waals surface area (Å²) < 4.78 is 73.5. The highest BCUT2D eigenvalue weighted by atomic mass is 79.9. The molecule has 592 valence electrons. The van der Waals surface area contributed by atoms with Crippen LogP contribution in [0.5, 0.6) is 23.0 Å². The summed E-state index contributed by atoms with van der Waals surface area (Å²) >= 11 is 3.22. The summed E-state index contributed by atoms with van der Waals surface area (Å²) in [6.45, 7) is 23.1. The maximum atomic E-state index is 14.7. The van der Waals surface area contributed by atoms with E-state index < -0.39 is 121 Å². The van der Waals surface area contributed by atoms with Gasteiger partial charge in [0.2, 0.25) is 35.5 Å². The van der Waals surface area contributed by atoms with Crippen LogP contribution in [0.25, 0.3) is 33.2 Å². The van der Waals surface area contributed by atoms with Gasteiger partial charge in [-0.05, 0) is 113 Å². The molecule has 3 aromatic heterocycles. The van der Waals surface area contributed by atoms with Crippen molar-refractivity contribution in [1.29, 1.82) is 0 Å². The number of nitrogens with zero attached hydrogens (tertiary/aromatic N) is 5. The fraction of sp³-hybridized carbons (Fsp3) is 0.560. The van der Waals surface area contributed by atoms with Crippen LogP contribution >= 0.6 is 31.1 Å². The first-order valence-electron chi connectivity index (χ1n) is 36.7. The second-order valence-corrected chi connectivity index (χ2v) is 35.2. The molecule has 6 aliphatic rings. The number of aromatic amines is 1. The normalized spacial score (nSPS) is 23.3. The summed E-state index contributed by atoms with van der Waals surface area (Å²) in [4.78, 5) is 148. The number of benzene rings is 2. The number of anilines is 1. The number of hydrogen-bond donors (Lipinski definition) is 8. The van der Waals surface area contributed by atoms with Crippen LogP contribution in [0.4, 0.5) is 15.5 Å². The molecule has 2 saturated heterocycles. The summed E-state index contributed by atoms with van der Waals surface area (Å²) in [6.07, 6.45) is 8.06. The van der Waals surface area contributed by atoms with Gasteiger partial charge in [0.15, 0.2) is 5.78 Å². The lowest BCUT2D eigenvalue weighted by Crippen LogP contribution is -2.58. The number of ether oxygens (including phenoxy) is 6. The SMILES string of the molecule is C=C[C@@H]1C[C@]1(NC(=O)[C@@H]1C[C@@H](Oc2cc(-c3cnc(NC(C)=O)[nH]3)nc3cc(OC)ccc23)CN1C(=O)[C@@H](NC(=O)OC1CCCC1)C(C)(C)C)P(=O)(O)O.C=C[C@@H]1C[C@]1(NC(=O)[C@@H]1C[C@@H](Oc2cc(C(=O)CBr)nc3cc(OC)ccc23)CN1C(=O)[C@@H](NC(=O)OC1CCCC1)C(C)(C)C)P(=O)(OCC)OCC. The zero-order valence-electron chi connectivity index (χ0n) is 63.3. The van der Waals surface area contributed by atoms with Crippen molar-refractivity contribution in [3.05, 3.63) is 85.7 Å². The molecular formula is C75H100BrN11O20P2. The first-order valence-corrected chi connectivity index (χ1v) is 41.0. The highest BCUT2D eigenvalue weighted by Gasteiger charge is 2.69. The van der Waals surface area contributed by atoms with Crippen LogP contribution in [0.3, 0.4) is 0 Å². The summed E-state index contributed by atoms with van der Waals surface area (Å²) in [6, 6.07) is 9.08. The monoisotopic (exact) mass is 1620 g/mol. The maximum absolute atomic E-state index is 14.7. The molecule has 10 atom stereocenters. The molecule has 0 spiro atoms. The lowest BCUT2D eigenvalue weighted by Gasteiger charge is -2.36. The Bertz CT molecular complexity index is 4370. The fourth-order valence-corrected chi connectivity index (χ4v) is 18.5. The van der Waals surface area contributed by atoms with Gasteiger partial charge in [0, 0.05) is 66.6 Å². The Morgan fingerprint density at radius 2 is 1.12 bits per heavy atom. The third-order valence-corrected chi connectivity index (χ3v) is 25.5. The number of amides is 7. The quantitative estimate of drug-likeness (QED) is 0.00998. The van der Waals surface area contributed by atoms with Crippen molar-refractivity contribution in [2.45, 2.75) is 199 Å². The maximum Gasteiger partial charge on any atom is 0.408 e. The Kier molecular flexibility index (Phi) is 25.9. The first kappa shape index (κ1) is 83.0. The Labute approximate surface area is 641 Å². The Hall–Kier alpha value is -8.51. The van der Waals surface area contributed by atoms with E-state index in [1.807, 2.05) is 20.8 Å². The Morgan fingerprint density at radius 3 is 1.53 bits per heavy atom. The number of imidazole rings is 1. The molecule has 31 nitrogen and oxygen atoms in total. The van der Waals surface area contributed by atoms with Crippen molar-refractivity contribution >= 4 is 106 Å². The molecule has 109 heavy (non-hydrogen) atoms. The minimum Gasteiger partial charge on any atom is -0.497 e. The standard InChI is InChI=1S/C38H52BrN4O10P.C37H48N7O10P/c1-8-23-20-38(23,54(48,50-9-2)51-10-3)42-34(45)30-18-26(52-32-19-29(31(44)21-39)40-28-17-25(49-7)15-16-27(28)32)22-43(30)35(46)33(37(4,5)6)41-36(47)53-24-13-11-12-14-24;1-7-21-17-37(21,55(49,50)51)43-32(46)29-15-24(19-44(29)33(47)31(36(3,4)5)42-35(48)54-22-10-8-9-11-22)53-30-16-27(28-18-38-34(41-28)39-20(2)45)40-26-14-23(52-6)12-13-25(26)30/h8,15-17,19,23-24,26,30,33H,1,9-14,18,20-22H2,2-7H3,(H,41,47)(H,42,45);7,12-14,16,18,21-22,24,29,31H,1,8-11,15,17,19H2,2-6H3,(H,42,48)(H,43,46)(H2,49,50,51)(H2,38,39,41,45)/t23-,26-,30+,33-,38+;21-,24-,29+,31-,37+/m11/s1. The number of alkyl carbamates (subject to hydrolysis) is 2. The van der Waals surface area contributed by atoms with Gasteiger partial charge in [-0.2, -0.15) is 0 Å². The molecule has 2 aromatic carbocycles. The zero-order chi connectivity index (χ0) is 79.3. The van der Waals surface area contributed by atoms with Gasteiger partial charge >= 0.3 is 27.4 Å². The van der Waals surface area contributed by atoms with Crippen molar-refractivity contribution in [2.24, 2.45) is 22.7 Å². The van der Waals surface area contributed by atoms with E-state index in [0.717, 1.165) is 51.4 Å². The van der Waals surface area contributed by atoms with Crippen LogP contribution in [0.2, 0.25) is 0 Å². The second-order valence-electron chi connectivity index (χ2n) is 30.4. The number of ketones is 1. The van der Waals surface area contributed by atoms with Crippen LogP contribution < -0.4 is 45.5 Å². The molecule has 7 amide bonds. The van der Waals surface area contributed by atoms with Crippen molar-refractivity contribution < 1.29 is 94.7 Å². The number of carbonyl (C=O) groups is 8. The number of alkyl halides is 1. The van der Waals surface area contributed by atoms with E-state index in [4.69, 9.17) is 42.5 Å². The molecule has 4 aliphatic carbocycles. The van der Waals surface area contributed by atoms with Gasteiger partial charge in [0.25, 0.3) is 0 Å². The summed E-state index contributed by atoms with van der Waals surface area (Å²) in [5.41, 5.74) is 0.365. The average molecular weight is 1620 g/mol. The third kappa shape index (κ3) is 18.8. The van der Waals surface area contributed by atoms with E-state index in [1.165, 1.54) is 43.2 Å². The molecular weight excluding hydrogens is 1520 g/mol. The number of halogens is 1. The van der Waals surface area contributed by atoms with Gasteiger partial charge in [-0.25, -0.2) is 24.5 Å². The molecule has 6 fully saturated rings. The van der Waals surface area contributed by atoms with E-state index >= 15 is 0 Å². The number of H-pyrrole nitrogens is 1. The summed E-state index contributed by atoms with van der Waals surface area (Å²) in [5, 5.41) is 11.7. The van der Waals surface area contributed by atoms with Gasteiger partial charge in [-0.15, -0.1) is 13.2 Å². The molecule has 5 aromatic rings. The van der Waals surface area contributed by atoms with Gasteiger partial charge in [0.1, 0.15) is 87.8 Å². The molecule has 5 heterocycles. The van der Waals surface area contributed by atoms with Gasteiger partial charge in [-0.1, -0.05) is 69.6 Å². The topological polar surface area (TPSA) is 406 Å². The number of Topliss-reactive ketones (excluding diaryl/α,β-unsaturated/α-hetero) is 1. The number of fused-ring (bicyclic) bond motifs is 2. The molecule has 0 radical (unpaired) electrons. The number of hydrogen-bond acceptors (Lipinski definition) is 21. The lowest BCUT2D eigenvalue weighted by atomic mass is 9.85. The highest BCUT2D eigenvalue weighted by Crippen LogP contribution is 2.73. The Morgan fingerprint density at radius 1 is 0.670 bits per heavy atom. The van der Waals surface area contributed by atoms with E-state index in [2.05, 4.69) is 70.6 Å². The minimum absolute atomic E-state index is 0.0151. The smallest absolute Gasteiger partial charge is 0.408 e. The predicted octanol–water partition coefficient (Wildman–Crippen LogP) is 10.8. The lowest BCUT2D eigenvalue weighted by molar-refractivity contribution is -0.142. The van der Waals surface area contributed by atoms with Crippen molar-refractivity contribution in [2.75, 3.05) is 51.2 Å². The number of rotatable bonds is 28. The predicted molar refractivity (Wildman–Crippen MR) is 407 cm³/mol. The first-order chi connectivity index (χ1) is 51.5. The van der Waals surface area contributed by atoms with E-state index in [9.17, 15) is 57.3 Å². The zero-order valence-corrected chi connectivity index (χ0v) is 66.7. The number of aromatic nitrogens is 4. The van der Waals surface area contributed by atoms with Crippen molar-refractivity contribution in [3.8, 4) is 34.4 Å². The number of pyridine rings is 2. The van der Waals surface area contributed by atoms with Crippen LogP contribution in [0.1, 0.15) is 150 Å². The van der Waals surface area contributed by atoms with Crippen molar-refractivity contribution in [3.63, 3.8) is 0 Å². The van der Waals surface area contributed by atoms with Crippen molar-refractivity contribution in [1.82, 2.24) is 51.0 Å². The van der Waals surface area contributed by atoms with Crippen LogP contribution in [-0.4, -0.2) is 192 Å². The molecule has 2 aliphatic heterocycles. The van der Waals surface area contributed by atoms with E-state index in [-0.39, 0.29) is 92.9 Å². The van der Waals surface area contributed by atoms with E-state index in [1.54, 1.807) is 89.2 Å². The minimum atomic E-state index is -4.85. The molecule has 0 bridgehead atoms. The van der Waals surface area contributed by atoms with E-state index in [0.29, 0.717) is 56.2 Å². The number of nitrogens with one attached hydrogen (secondary N) is 6. The van der Waals surface area contributed by atoms with Gasteiger partial charge in [0.05, 0.1) is 74.5 Å². The van der Waals surface area contributed by atoms with Gasteiger partial charge in [-0.3, -0.25) is 43.2 Å². The number of methoxy groups -OCH3 is 2. The number of carbonyl (C=O) groups excluding carboxylic acids is 8. The second kappa shape index (κ2) is 34.0. The molecule has 8 N–H and O–H groups in total. The van der Waals surface area contributed by atoms with Crippen LogP contribution in [0, 0.1) is 22.7 Å². The van der Waals surface area contributed by atoms with Crippen LogP contribution in [-0.2, 0) is 51.6 Å². The van der Waals surface area contributed by atoms with Crippen LogP contribution in [0.15, 0.2) is 80.0 Å².